The fraction of sp³-hybridized carbons (Fsp3) is 0. The minimum atomic E-state index is -4.82. The number of azo groups is 1. The first kappa shape index (κ1) is 24.8. The second-order valence-electron chi connectivity index (χ2n) is 6.56. The average Bonchev–Trinajstić information content (AvgIpc) is 2.70. The van der Waals surface area contributed by atoms with Crippen LogP contribution in [-0.2, 0) is 20.2 Å². The van der Waals surface area contributed by atoms with E-state index in [-0.39, 0.29) is 71.0 Å². The van der Waals surface area contributed by atoms with Crippen molar-refractivity contribution in [3.8, 4) is 5.75 Å². The molecule has 12 heteroatoms. The summed E-state index contributed by atoms with van der Waals surface area (Å²) >= 11 is 0. The number of benzene rings is 4. The Bertz CT molecular complexity index is 1600. The van der Waals surface area contributed by atoms with Crippen LogP contribution in [0.1, 0.15) is 0 Å². The molecule has 1 N–H and O–H groups in total. The minimum absolute atomic E-state index is 0. The minimum Gasteiger partial charge on any atom is -0.871 e. The SMILES string of the molecule is O=S(=O)([O-])c1ccc2c(S(=O)(=O)O)c(N=Nc3c([O-])ccc4ccccc34)ccc2c1.[Ba+2]. The summed E-state index contributed by atoms with van der Waals surface area (Å²) in [5, 5.41) is 21.3. The Labute approximate surface area is 223 Å². The molecule has 0 fully saturated rings. The van der Waals surface area contributed by atoms with Crippen LogP contribution in [0.4, 0.5) is 11.4 Å². The summed E-state index contributed by atoms with van der Waals surface area (Å²) in [7, 11) is -9.59. The summed E-state index contributed by atoms with van der Waals surface area (Å²) in [6, 6.07) is 15.4. The maximum atomic E-state index is 12.3. The number of hydrogen-bond acceptors (Lipinski definition) is 8. The van der Waals surface area contributed by atoms with Gasteiger partial charge in [0.2, 0.25) is 0 Å². The molecule has 4 aromatic carbocycles. The largest absolute Gasteiger partial charge is 2.00 e. The van der Waals surface area contributed by atoms with Gasteiger partial charge in [0, 0.05) is 10.8 Å². The van der Waals surface area contributed by atoms with Gasteiger partial charge in [-0.1, -0.05) is 54.3 Å². The van der Waals surface area contributed by atoms with Gasteiger partial charge in [0.15, 0.2) is 0 Å². The van der Waals surface area contributed by atoms with Gasteiger partial charge in [-0.3, -0.25) is 4.55 Å². The predicted octanol–water partition coefficient (Wildman–Crippen LogP) is 3.25. The molecule has 0 bridgehead atoms. The van der Waals surface area contributed by atoms with Crippen molar-refractivity contribution in [2.75, 3.05) is 0 Å². The Morgan fingerprint density at radius 1 is 0.781 bits per heavy atom. The Hall–Kier alpha value is -1.81. The van der Waals surface area contributed by atoms with Crippen LogP contribution in [0.5, 0.6) is 5.75 Å². The van der Waals surface area contributed by atoms with Crippen molar-refractivity contribution >= 4 is 102 Å². The molecule has 0 aromatic heterocycles. The van der Waals surface area contributed by atoms with E-state index >= 15 is 0 Å². The molecule has 0 heterocycles. The van der Waals surface area contributed by atoms with Crippen molar-refractivity contribution in [1.29, 1.82) is 0 Å². The molecule has 0 aliphatic carbocycles. The molecule has 9 nitrogen and oxygen atoms in total. The number of hydrogen-bond donors (Lipinski definition) is 1. The van der Waals surface area contributed by atoms with Crippen molar-refractivity contribution in [2.24, 2.45) is 10.2 Å². The second kappa shape index (κ2) is 9.21. The van der Waals surface area contributed by atoms with Crippen molar-refractivity contribution in [2.45, 2.75) is 9.79 Å². The molecule has 32 heavy (non-hydrogen) atoms. The van der Waals surface area contributed by atoms with Gasteiger partial charge in [0.05, 0.1) is 10.6 Å². The van der Waals surface area contributed by atoms with E-state index in [1.807, 2.05) is 0 Å². The van der Waals surface area contributed by atoms with Crippen LogP contribution < -0.4 is 5.11 Å². The Morgan fingerprint density at radius 3 is 2.16 bits per heavy atom. The van der Waals surface area contributed by atoms with Crippen LogP contribution in [0.3, 0.4) is 0 Å². The summed E-state index contributed by atoms with van der Waals surface area (Å²) < 4.78 is 67.6. The molecule has 158 valence electrons. The van der Waals surface area contributed by atoms with E-state index in [9.17, 15) is 31.0 Å². The first-order valence-corrected chi connectivity index (χ1v) is 11.5. The summed E-state index contributed by atoms with van der Waals surface area (Å²) in [6.45, 7) is 0. The maximum absolute atomic E-state index is 12.3. The van der Waals surface area contributed by atoms with Crippen LogP contribution >= 0.6 is 0 Å². The van der Waals surface area contributed by atoms with Gasteiger partial charge >= 0.3 is 48.9 Å². The topological polar surface area (TPSA) is 159 Å². The Kier molecular flexibility index (Phi) is 7.14. The molecule has 4 rings (SSSR count). The van der Waals surface area contributed by atoms with E-state index in [1.165, 1.54) is 18.2 Å². The monoisotopic (exact) mass is 594 g/mol. The van der Waals surface area contributed by atoms with E-state index in [2.05, 4.69) is 10.2 Å². The second-order valence-corrected chi connectivity index (χ2v) is 9.30. The van der Waals surface area contributed by atoms with Crippen molar-refractivity contribution in [3.05, 3.63) is 66.7 Å². The van der Waals surface area contributed by atoms with Crippen molar-refractivity contribution in [1.82, 2.24) is 0 Å². The van der Waals surface area contributed by atoms with Crippen LogP contribution in [0.25, 0.3) is 21.5 Å². The zero-order chi connectivity index (χ0) is 22.4. The molecule has 0 saturated carbocycles. The molecule has 0 saturated heterocycles. The molecule has 0 amide bonds. The molecular formula is C20H12BaN2O7S2. The van der Waals surface area contributed by atoms with E-state index in [0.717, 1.165) is 23.6 Å². The molecule has 0 aliphatic rings. The summed E-state index contributed by atoms with van der Waals surface area (Å²) in [6.07, 6.45) is 0. The summed E-state index contributed by atoms with van der Waals surface area (Å²) in [5.74, 6) is -0.429. The number of rotatable bonds is 4. The molecule has 0 spiro atoms. The fourth-order valence-corrected chi connectivity index (χ4v) is 4.56. The third kappa shape index (κ3) is 4.90. The van der Waals surface area contributed by atoms with Crippen molar-refractivity contribution < 1.29 is 31.0 Å². The summed E-state index contributed by atoms with van der Waals surface area (Å²) in [4.78, 5) is -1.18. The van der Waals surface area contributed by atoms with Gasteiger partial charge in [-0.25, -0.2) is 8.42 Å². The van der Waals surface area contributed by atoms with E-state index in [4.69, 9.17) is 0 Å². The first-order valence-electron chi connectivity index (χ1n) is 8.66. The normalized spacial score (nSPS) is 12.3. The predicted molar refractivity (Wildman–Crippen MR) is 115 cm³/mol. The number of fused-ring (bicyclic) bond motifs is 2. The standard InChI is InChI=1S/C20H14N2O7S2.Ba/c23-18-10-6-12-3-1-2-4-15(12)19(18)22-21-17-9-5-13-11-14(30(24,25)26)7-8-16(13)20(17)31(27,28)29;/h1-11,23H,(H,24,25,26)(H,27,28,29);/q;+2/p-2. The Balaban J connectivity index is 0.00000289. The zero-order valence-corrected chi connectivity index (χ0v) is 22.2. The van der Waals surface area contributed by atoms with E-state index in [1.54, 1.807) is 30.3 Å². The molecule has 0 atom stereocenters. The third-order valence-electron chi connectivity index (χ3n) is 4.59. The Morgan fingerprint density at radius 2 is 1.47 bits per heavy atom. The quantitative estimate of drug-likeness (QED) is 0.216. The van der Waals surface area contributed by atoms with Crippen LogP contribution in [0, 0.1) is 0 Å². The van der Waals surface area contributed by atoms with E-state index < -0.39 is 35.8 Å². The van der Waals surface area contributed by atoms with Gasteiger partial charge in [-0.15, -0.1) is 5.11 Å². The first-order chi connectivity index (χ1) is 14.6. The van der Waals surface area contributed by atoms with Crippen LogP contribution in [0.15, 0.2) is 86.7 Å². The molecule has 0 aliphatic heterocycles. The number of nitrogens with zero attached hydrogens (tertiary/aromatic N) is 2. The summed E-state index contributed by atoms with van der Waals surface area (Å²) in [5.41, 5.74) is -0.271. The molecule has 0 radical (unpaired) electrons. The third-order valence-corrected chi connectivity index (χ3v) is 6.37. The molecular weight excluding hydrogens is 582 g/mol. The van der Waals surface area contributed by atoms with Gasteiger partial charge < -0.3 is 9.66 Å². The van der Waals surface area contributed by atoms with E-state index in [0.29, 0.717) is 5.39 Å². The zero-order valence-electron chi connectivity index (χ0n) is 16.2. The molecule has 0 unspecified atom stereocenters. The van der Waals surface area contributed by atoms with Crippen LogP contribution in [0.2, 0.25) is 0 Å². The van der Waals surface area contributed by atoms with Gasteiger partial charge in [0.25, 0.3) is 10.1 Å². The van der Waals surface area contributed by atoms with Crippen molar-refractivity contribution in [3.63, 3.8) is 0 Å². The fourth-order valence-electron chi connectivity index (χ4n) is 3.22. The van der Waals surface area contributed by atoms with Gasteiger partial charge in [-0.05, 0) is 29.0 Å². The van der Waals surface area contributed by atoms with Gasteiger partial charge in [-0.2, -0.15) is 13.5 Å². The van der Waals surface area contributed by atoms with Gasteiger partial charge in [0.1, 0.15) is 20.7 Å². The smallest absolute Gasteiger partial charge is 0.871 e. The van der Waals surface area contributed by atoms with Crippen LogP contribution in [-0.4, -0.2) is 74.8 Å². The average molecular weight is 594 g/mol. The maximum Gasteiger partial charge on any atom is 2.00 e. The molecule has 4 aromatic rings.